The normalized spacial score (nSPS) is 22.6. The van der Waals surface area contributed by atoms with E-state index in [9.17, 15) is 4.79 Å². The van der Waals surface area contributed by atoms with Crippen LogP contribution in [-0.2, 0) is 4.79 Å². The highest BCUT2D eigenvalue weighted by atomic mass is 16.3. The van der Waals surface area contributed by atoms with Gasteiger partial charge in [0.1, 0.15) is 0 Å². The van der Waals surface area contributed by atoms with Gasteiger partial charge in [-0.1, -0.05) is 20.3 Å². The van der Waals surface area contributed by atoms with Gasteiger partial charge >= 0.3 is 0 Å². The molecule has 1 rings (SSSR count). The molecule has 1 fully saturated rings. The van der Waals surface area contributed by atoms with Crippen LogP contribution in [0.2, 0.25) is 0 Å². The minimum absolute atomic E-state index is 0.0198. The summed E-state index contributed by atoms with van der Waals surface area (Å²) in [5, 5.41) is 11.8. The van der Waals surface area contributed by atoms with Crippen LogP contribution in [-0.4, -0.2) is 29.2 Å². The molecule has 0 radical (unpaired) electrons. The Morgan fingerprint density at radius 2 is 2.21 bits per heavy atom. The molecule has 2 atom stereocenters. The molecule has 0 aromatic heterocycles. The summed E-state index contributed by atoms with van der Waals surface area (Å²) in [6, 6.07) is -0.455. The molecule has 4 N–H and O–H groups in total. The Kier molecular flexibility index (Phi) is 3.50. The van der Waals surface area contributed by atoms with E-state index in [0.717, 1.165) is 19.3 Å². The molecule has 1 saturated carbocycles. The van der Waals surface area contributed by atoms with Crippen LogP contribution in [0, 0.1) is 5.92 Å². The van der Waals surface area contributed by atoms with Gasteiger partial charge in [0, 0.05) is 0 Å². The van der Waals surface area contributed by atoms with E-state index < -0.39 is 6.04 Å². The lowest BCUT2D eigenvalue weighted by atomic mass is 9.99. The molecule has 1 unspecified atom stereocenters. The zero-order valence-corrected chi connectivity index (χ0v) is 8.92. The van der Waals surface area contributed by atoms with Crippen LogP contribution < -0.4 is 11.1 Å². The van der Waals surface area contributed by atoms with Crippen molar-refractivity contribution in [1.82, 2.24) is 5.32 Å². The fraction of sp³-hybridized carbons (Fsp3) is 0.900. The SMILES string of the molecule is CCC(C)[C@H](N)C(=O)NC1(CO)CC1. The number of nitrogens with two attached hydrogens (primary N) is 1. The van der Waals surface area contributed by atoms with Crippen molar-refractivity contribution in [3.8, 4) is 0 Å². The summed E-state index contributed by atoms with van der Waals surface area (Å²) in [5.41, 5.74) is 5.42. The van der Waals surface area contributed by atoms with E-state index in [0.29, 0.717) is 0 Å². The van der Waals surface area contributed by atoms with Gasteiger partial charge in [-0.2, -0.15) is 0 Å². The van der Waals surface area contributed by atoms with Gasteiger partial charge in [0.05, 0.1) is 18.2 Å². The fourth-order valence-electron chi connectivity index (χ4n) is 1.33. The van der Waals surface area contributed by atoms with E-state index in [2.05, 4.69) is 5.32 Å². The van der Waals surface area contributed by atoms with Gasteiger partial charge in [-0.3, -0.25) is 4.79 Å². The number of hydrogen-bond acceptors (Lipinski definition) is 3. The average Bonchev–Trinajstić information content (AvgIpc) is 2.96. The third-order valence-electron chi connectivity index (χ3n) is 3.10. The zero-order valence-electron chi connectivity index (χ0n) is 8.92. The highest BCUT2D eigenvalue weighted by molar-refractivity contribution is 5.82. The first-order valence-corrected chi connectivity index (χ1v) is 5.23. The second kappa shape index (κ2) is 4.28. The summed E-state index contributed by atoms with van der Waals surface area (Å²) in [4.78, 5) is 11.6. The third-order valence-corrected chi connectivity index (χ3v) is 3.10. The lowest BCUT2D eigenvalue weighted by molar-refractivity contribution is -0.124. The first-order valence-electron chi connectivity index (χ1n) is 5.23. The molecular weight excluding hydrogens is 180 g/mol. The Morgan fingerprint density at radius 1 is 1.64 bits per heavy atom. The Morgan fingerprint density at radius 3 is 2.57 bits per heavy atom. The topological polar surface area (TPSA) is 75.4 Å². The number of carbonyl (C=O) groups excluding carboxylic acids is 1. The molecular formula is C10H20N2O2. The van der Waals surface area contributed by atoms with Crippen LogP contribution in [0.3, 0.4) is 0 Å². The first kappa shape index (κ1) is 11.5. The largest absolute Gasteiger partial charge is 0.394 e. The summed E-state index contributed by atoms with van der Waals surface area (Å²) in [6.45, 7) is 3.99. The first-order chi connectivity index (χ1) is 6.54. The van der Waals surface area contributed by atoms with Crippen LogP contribution in [0.15, 0.2) is 0 Å². The highest BCUT2D eigenvalue weighted by Gasteiger charge is 2.44. The standard InChI is InChI=1S/C10H20N2O2/c1-3-7(2)8(11)9(14)12-10(6-13)4-5-10/h7-8,13H,3-6,11H2,1-2H3,(H,12,14)/t7?,8-/m0/s1. The van der Waals surface area contributed by atoms with Crippen molar-refractivity contribution in [2.45, 2.75) is 44.7 Å². The number of amides is 1. The number of aliphatic hydroxyl groups excluding tert-OH is 1. The summed E-state index contributed by atoms with van der Waals surface area (Å²) < 4.78 is 0. The van der Waals surface area contributed by atoms with Crippen LogP contribution in [0.4, 0.5) is 0 Å². The lowest BCUT2D eigenvalue weighted by Gasteiger charge is -2.21. The van der Waals surface area contributed by atoms with Gasteiger partial charge in [-0.15, -0.1) is 0 Å². The molecule has 4 nitrogen and oxygen atoms in total. The van der Waals surface area contributed by atoms with E-state index >= 15 is 0 Å². The maximum Gasteiger partial charge on any atom is 0.237 e. The van der Waals surface area contributed by atoms with Crippen LogP contribution in [0.25, 0.3) is 0 Å². The van der Waals surface area contributed by atoms with Crippen molar-refractivity contribution in [2.75, 3.05) is 6.61 Å². The Hall–Kier alpha value is -0.610. The average molecular weight is 200 g/mol. The van der Waals surface area contributed by atoms with Crippen molar-refractivity contribution in [3.63, 3.8) is 0 Å². The Bertz CT molecular complexity index is 214. The number of rotatable bonds is 5. The molecule has 14 heavy (non-hydrogen) atoms. The summed E-state index contributed by atoms with van der Waals surface area (Å²) in [6.07, 6.45) is 2.62. The van der Waals surface area contributed by atoms with E-state index in [4.69, 9.17) is 10.8 Å². The number of carbonyl (C=O) groups is 1. The van der Waals surface area contributed by atoms with Crippen molar-refractivity contribution in [1.29, 1.82) is 0 Å². The highest BCUT2D eigenvalue weighted by Crippen LogP contribution is 2.34. The molecule has 0 saturated heterocycles. The van der Waals surface area contributed by atoms with E-state index in [1.807, 2.05) is 13.8 Å². The van der Waals surface area contributed by atoms with Crippen LogP contribution in [0.1, 0.15) is 33.1 Å². The summed E-state index contributed by atoms with van der Waals surface area (Å²) >= 11 is 0. The van der Waals surface area contributed by atoms with Gasteiger partial charge in [0.2, 0.25) is 5.91 Å². The minimum Gasteiger partial charge on any atom is -0.394 e. The number of hydrogen-bond donors (Lipinski definition) is 3. The van der Waals surface area contributed by atoms with Crippen LogP contribution >= 0.6 is 0 Å². The van der Waals surface area contributed by atoms with Crippen molar-refractivity contribution < 1.29 is 9.90 Å². The van der Waals surface area contributed by atoms with E-state index in [-0.39, 0.29) is 24.0 Å². The predicted molar refractivity (Wildman–Crippen MR) is 54.6 cm³/mol. The molecule has 1 aliphatic rings. The maximum atomic E-state index is 11.6. The third kappa shape index (κ3) is 2.45. The van der Waals surface area contributed by atoms with Crippen molar-refractivity contribution in [2.24, 2.45) is 11.7 Å². The zero-order chi connectivity index (χ0) is 10.8. The Labute approximate surface area is 84.9 Å². The Balaban J connectivity index is 2.41. The quantitative estimate of drug-likeness (QED) is 0.585. The van der Waals surface area contributed by atoms with Crippen LogP contribution in [0.5, 0.6) is 0 Å². The van der Waals surface area contributed by atoms with Crippen molar-refractivity contribution in [3.05, 3.63) is 0 Å². The molecule has 0 heterocycles. The number of nitrogens with one attached hydrogen (secondary N) is 1. The van der Waals surface area contributed by atoms with Gasteiger partial charge < -0.3 is 16.2 Å². The predicted octanol–water partition coefficient (Wildman–Crippen LogP) is 0.000900. The molecule has 0 aliphatic heterocycles. The molecule has 1 amide bonds. The molecule has 1 aliphatic carbocycles. The van der Waals surface area contributed by atoms with Gasteiger partial charge in [0.15, 0.2) is 0 Å². The van der Waals surface area contributed by atoms with Gasteiger partial charge in [-0.25, -0.2) is 0 Å². The number of aliphatic hydroxyl groups is 1. The lowest BCUT2D eigenvalue weighted by Crippen LogP contribution is -2.50. The molecule has 4 heteroatoms. The maximum absolute atomic E-state index is 11.6. The molecule has 0 aromatic rings. The molecule has 0 bridgehead atoms. The van der Waals surface area contributed by atoms with E-state index in [1.54, 1.807) is 0 Å². The van der Waals surface area contributed by atoms with Crippen molar-refractivity contribution >= 4 is 5.91 Å². The summed E-state index contributed by atoms with van der Waals surface area (Å²) in [7, 11) is 0. The molecule has 82 valence electrons. The smallest absolute Gasteiger partial charge is 0.237 e. The van der Waals surface area contributed by atoms with Gasteiger partial charge in [0.25, 0.3) is 0 Å². The monoisotopic (exact) mass is 200 g/mol. The van der Waals surface area contributed by atoms with Gasteiger partial charge in [-0.05, 0) is 18.8 Å². The molecule has 0 aromatic carbocycles. The summed E-state index contributed by atoms with van der Waals surface area (Å²) in [5.74, 6) is 0.0513. The van der Waals surface area contributed by atoms with E-state index in [1.165, 1.54) is 0 Å². The fourth-order valence-corrected chi connectivity index (χ4v) is 1.33. The molecule has 0 spiro atoms. The second-order valence-corrected chi connectivity index (χ2v) is 4.34. The minimum atomic E-state index is -0.455. The second-order valence-electron chi connectivity index (χ2n) is 4.34.